The van der Waals surface area contributed by atoms with Gasteiger partial charge in [-0.2, -0.15) is 5.10 Å². The minimum absolute atomic E-state index is 0.218. The number of nitrogens with zero attached hydrogens (tertiary/aromatic N) is 3. The number of anilines is 2. The minimum atomic E-state index is -0.949. The van der Waals surface area contributed by atoms with Gasteiger partial charge in [-0.3, -0.25) is 4.79 Å². The van der Waals surface area contributed by atoms with Crippen molar-refractivity contribution < 1.29 is 13.8 Å². The van der Waals surface area contributed by atoms with Gasteiger partial charge in [-0.25, -0.2) is 4.68 Å². The summed E-state index contributed by atoms with van der Waals surface area (Å²) < 4.78 is 26.9. The maximum absolute atomic E-state index is 12.6. The van der Waals surface area contributed by atoms with Crippen molar-refractivity contribution in [3.63, 3.8) is 0 Å². The topological polar surface area (TPSA) is 64.2 Å². The van der Waals surface area contributed by atoms with Gasteiger partial charge in [0.2, 0.25) is 0 Å². The molecule has 0 aliphatic heterocycles. The van der Waals surface area contributed by atoms with Gasteiger partial charge in [0.05, 0.1) is 11.4 Å². The Kier molecular flexibility index (Phi) is 3.49. The summed E-state index contributed by atoms with van der Waals surface area (Å²) in [6, 6.07) is 11.4. The summed E-state index contributed by atoms with van der Waals surface area (Å²) in [4.78, 5) is 11.4. The molecule has 0 radical (unpaired) electrons. The third-order valence-electron chi connectivity index (χ3n) is 4.45. The zero-order valence-corrected chi connectivity index (χ0v) is 13.1. The molecule has 0 atom stereocenters. The van der Waals surface area contributed by atoms with Crippen molar-refractivity contribution in [1.82, 2.24) is 9.78 Å². The molecule has 1 heterocycles. The number of carbonyl (C=O) groups is 1. The van der Waals surface area contributed by atoms with Crippen molar-refractivity contribution in [3.8, 4) is 16.9 Å². The van der Waals surface area contributed by atoms with E-state index in [0.717, 1.165) is 35.1 Å². The van der Waals surface area contributed by atoms with E-state index in [4.69, 9.17) is 5.73 Å². The molecule has 0 unspecified atom stereocenters. The maximum Gasteiger partial charge on any atom is 0.170 e. The number of aldehydes is 1. The molecule has 0 bridgehead atoms. The normalized spacial score (nSPS) is 12.4. The van der Waals surface area contributed by atoms with E-state index >= 15 is 0 Å². The third-order valence-corrected chi connectivity index (χ3v) is 4.45. The Labute approximate surface area is 142 Å². The van der Waals surface area contributed by atoms with Crippen LogP contribution in [0.3, 0.4) is 0 Å². The van der Waals surface area contributed by atoms with Crippen molar-refractivity contribution in [1.29, 1.82) is 0 Å². The van der Waals surface area contributed by atoms with Crippen LogP contribution in [0.5, 0.6) is 0 Å². The van der Waals surface area contributed by atoms with E-state index in [1.807, 2.05) is 18.2 Å². The lowest BCUT2D eigenvalue weighted by molar-refractivity contribution is 0.111. The molecule has 7 heteroatoms. The van der Waals surface area contributed by atoms with Crippen molar-refractivity contribution in [2.45, 2.75) is 12.8 Å². The molecule has 1 aromatic heterocycles. The van der Waals surface area contributed by atoms with Crippen molar-refractivity contribution in [3.05, 3.63) is 59.3 Å². The Balaban J connectivity index is 1.93. The number of nitrogen functional groups attached to an aromatic ring is 1. The number of aryl methyl sites for hydroxylation is 1. The smallest absolute Gasteiger partial charge is 0.170 e. The lowest BCUT2D eigenvalue weighted by atomic mass is 9.88. The Hall–Kier alpha value is -3.22. The maximum atomic E-state index is 12.6. The zero-order valence-electron chi connectivity index (χ0n) is 13.1. The van der Waals surface area contributed by atoms with Crippen LogP contribution in [0.4, 0.5) is 20.3 Å². The highest BCUT2D eigenvalue weighted by atomic mass is 19.4. The number of nitrogens with two attached hydrogens (primary N) is 1. The number of hydrogen-bond acceptors (Lipinski definition) is 4. The van der Waals surface area contributed by atoms with Gasteiger partial charge < -0.3 is 5.73 Å². The number of benzene rings is 2. The van der Waals surface area contributed by atoms with Crippen molar-refractivity contribution >= 4 is 17.7 Å². The molecule has 25 heavy (non-hydrogen) atoms. The van der Waals surface area contributed by atoms with E-state index in [-0.39, 0.29) is 5.69 Å². The molecular weight excluding hydrogens is 326 g/mol. The Morgan fingerprint density at radius 2 is 1.88 bits per heavy atom. The fourth-order valence-corrected chi connectivity index (χ4v) is 3.27. The highest BCUT2D eigenvalue weighted by Crippen LogP contribution is 2.37. The summed E-state index contributed by atoms with van der Waals surface area (Å²) in [5, 5.41) is 3.44. The molecule has 5 nitrogen and oxygen atoms in total. The van der Waals surface area contributed by atoms with Crippen LogP contribution in [0.25, 0.3) is 16.9 Å². The van der Waals surface area contributed by atoms with E-state index < -0.39 is 5.34 Å². The van der Waals surface area contributed by atoms with Crippen LogP contribution in [0, 0.1) is 0 Å². The van der Waals surface area contributed by atoms with Gasteiger partial charge in [0.1, 0.15) is 11.4 Å². The largest absolute Gasteiger partial charge is 0.399 e. The van der Waals surface area contributed by atoms with Crippen LogP contribution in [-0.2, 0) is 12.8 Å². The SMILES string of the molecule is Nc1ccc2c(c1)-c1c(c(C=O)nn1-c1ccc(N(F)F)cc1)CC2. The molecule has 0 amide bonds. The summed E-state index contributed by atoms with van der Waals surface area (Å²) in [5.41, 5.74) is 11.0. The first-order chi connectivity index (χ1) is 12.1. The second kappa shape index (κ2) is 5.70. The van der Waals surface area contributed by atoms with Gasteiger partial charge in [-0.15, -0.1) is 0 Å². The van der Waals surface area contributed by atoms with Crippen LogP contribution in [0.1, 0.15) is 21.6 Å². The molecule has 0 fully saturated rings. The monoisotopic (exact) mass is 340 g/mol. The standard InChI is InChI=1S/C18H14F2N4O/c19-24(20)14-6-4-13(5-7-14)23-18-15(17(10-25)22-23)8-2-11-1-3-12(21)9-16(11)18/h1,3-7,9-10H,2,8,21H2. The number of halogens is 2. The molecule has 0 saturated heterocycles. The lowest BCUT2D eigenvalue weighted by Gasteiger charge is -2.19. The van der Waals surface area contributed by atoms with Gasteiger partial charge in [0.15, 0.2) is 6.29 Å². The van der Waals surface area contributed by atoms with E-state index in [1.54, 1.807) is 16.8 Å². The van der Waals surface area contributed by atoms with Crippen LogP contribution >= 0.6 is 0 Å². The molecule has 2 N–H and O–H groups in total. The van der Waals surface area contributed by atoms with Crippen molar-refractivity contribution in [2.75, 3.05) is 11.1 Å². The van der Waals surface area contributed by atoms with Gasteiger partial charge in [-0.05, 0) is 60.1 Å². The van der Waals surface area contributed by atoms with E-state index in [1.165, 1.54) is 12.1 Å². The fraction of sp³-hybridized carbons (Fsp3) is 0.111. The average Bonchev–Trinajstić information content (AvgIpc) is 3.01. The highest BCUT2D eigenvalue weighted by molar-refractivity contribution is 5.83. The predicted molar refractivity (Wildman–Crippen MR) is 90.9 cm³/mol. The summed E-state index contributed by atoms with van der Waals surface area (Å²) in [6.45, 7) is 0. The lowest BCUT2D eigenvalue weighted by Crippen LogP contribution is -2.08. The molecule has 2 aromatic carbocycles. The van der Waals surface area contributed by atoms with E-state index in [9.17, 15) is 13.8 Å². The third kappa shape index (κ3) is 2.44. The molecule has 0 spiro atoms. The van der Waals surface area contributed by atoms with Crippen LogP contribution in [0.2, 0.25) is 0 Å². The summed E-state index contributed by atoms with van der Waals surface area (Å²) in [7, 11) is 0. The van der Waals surface area contributed by atoms with Gasteiger partial charge in [-0.1, -0.05) is 15.0 Å². The van der Waals surface area contributed by atoms with Gasteiger partial charge in [0.25, 0.3) is 0 Å². The molecule has 1 aliphatic rings. The van der Waals surface area contributed by atoms with Crippen LogP contribution in [-0.4, -0.2) is 16.1 Å². The van der Waals surface area contributed by atoms with Crippen LogP contribution in [0.15, 0.2) is 42.5 Å². The molecule has 4 rings (SSSR count). The number of aromatic nitrogens is 2. The molecule has 126 valence electrons. The molecule has 3 aromatic rings. The first-order valence-corrected chi connectivity index (χ1v) is 7.76. The highest BCUT2D eigenvalue weighted by Gasteiger charge is 2.26. The summed E-state index contributed by atoms with van der Waals surface area (Å²) in [6.07, 6.45) is 2.22. The number of carbonyl (C=O) groups excluding carboxylic acids is 1. The second-order valence-corrected chi connectivity index (χ2v) is 5.91. The van der Waals surface area contributed by atoms with Gasteiger partial charge in [0, 0.05) is 16.8 Å². The minimum Gasteiger partial charge on any atom is -0.399 e. The Bertz CT molecular complexity index is 964. The zero-order chi connectivity index (χ0) is 17.6. The van der Waals surface area contributed by atoms with Crippen LogP contribution < -0.4 is 11.1 Å². The Morgan fingerprint density at radius 3 is 2.56 bits per heavy atom. The number of hydrogen-bond donors (Lipinski definition) is 1. The Morgan fingerprint density at radius 1 is 1.12 bits per heavy atom. The second-order valence-electron chi connectivity index (χ2n) is 5.91. The fourth-order valence-electron chi connectivity index (χ4n) is 3.27. The number of fused-ring (bicyclic) bond motifs is 3. The summed E-state index contributed by atoms with van der Waals surface area (Å²) in [5.74, 6) is 0. The first-order valence-electron chi connectivity index (χ1n) is 7.76. The van der Waals surface area contributed by atoms with E-state index in [0.29, 0.717) is 23.5 Å². The average molecular weight is 340 g/mol. The number of rotatable bonds is 3. The molecule has 1 aliphatic carbocycles. The summed E-state index contributed by atoms with van der Waals surface area (Å²) >= 11 is 0. The van der Waals surface area contributed by atoms with Crippen molar-refractivity contribution in [2.24, 2.45) is 0 Å². The van der Waals surface area contributed by atoms with Gasteiger partial charge >= 0.3 is 0 Å². The molecular formula is C18H14F2N4O. The first kappa shape index (κ1) is 15.3. The van der Waals surface area contributed by atoms with E-state index in [2.05, 4.69) is 5.10 Å². The quantitative estimate of drug-likeness (QED) is 0.449. The predicted octanol–water partition coefficient (Wildman–Crippen LogP) is 3.61. The molecule has 0 saturated carbocycles.